The Morgan fingerprint density at radius 1 is 1.53 bits per heavy atom. The number of ether oxygens (including phenoxy) is 2. The lowest BCUT2D eigenvalue weighted by Gasteiger charge is -2.23. The summed E-state index contributed by atoms with van der Waals surface area (Å²) in [6.45, 7) is 1.16. The van der Waals surface area contributed by atoms with Gasteiger partial charge in [-0.15, -0.1) is 0 Å². The van der Waals surface area contributed by atoms with Crippen LogP contribution in [0.15, 0.2) is 12.3 Å². The van der Waals surface area contributed by atoms with Gasteiger partial charge in [0.15, 0.2) is 0 Å². The predicted octanol–water partition coefficient (Wildman–Crippen LogP) is 1.48. The second kappa shape index (κ2) is 5.09. The molecule has 2 heterocycles. The zero-order valence-corrected chi connectivity index (χ0v) is 9.06. The Kier molecular flexibility index (Phi) is 3.53. The van der Waals surface area contributed by atoms with E-state index in [9.17, 15) is 9.18 Å². The molecular weight excluding hydrogens is 229 g/mol. The molecule has 1 aromatic heterocycles. The van der Waals surface area contributed by atoms with Crippen molar-refractivity contribution in [1.29, 1.82) is 0 Å². The lowest BCUT2D eigenvalue weighted by atomic mass is 10.1. The highest BCUT2D eigenvalue weighted by molar-refractivity contribution is 5.90. The summed E-state index contributed by atoms with van der Waals surface area (Å²) in [5, 5.41) is 8.91. The summed E-state index contributed by atoms with van der Waals surface area (Å²) in [5.41, 5.74) is -0.253. The SMILES string of the molecule is O=C(O)c1cc(F)cnc1OC1CCOCC1. The minimum absolute atomic E-state index is 0.0363. The number of hydrogen-bond donors (Lipinski definition) is 1. The fourth-order valence-corrected chi connectivity index (χ4v) is 1.63. The molecule has 1 N–H and O–H groups in total. The zero-order chi connectivity index (χ0) is 12.3. The van der Waals surface area contributed by atoms with E-state index >= 15 is 0 Å². The molecule has 1 aromatic rings. The van der Waals surface area contributed by atoms with Gasteiger partial charge >= 0.3 is 5.97 Å². The molecule has 1 aliphatic heterocycles. The van der Waals surface area contributed by atoms with Gasteiger partial charge in [-0.25, -0.2) is 14.2 Å². The van der Waals surface area contributed by atoms with Gasteiger partial charge in [-0.3, -0.25) is 0 Å². The molecule has 1 fully saturated rings. The maximum atomic E-state index is 12.9. The lowest BCUT2D eigenvalue weighted by molar-refractivity contribution is 0.0229. The average Bonchev–Trinajstić information content (AvgIpc) is 2.32. The highest BCUT2D eigenvalue weighted by atomic mass is 19.1. The van der Waals surface area contributed by atoms with Gasteiger partial charge in [-0.2, -0.15) is 0 Å². The topological polar surface area (TPSA) is 68.7 Å². The molecule has 5 nitrogen and oxygen atoms in total. The van der Waals surface area contributed by atoms with Gasteiger partial charge in [-0.05, 0) is 6.07 Å². The van der Waals surface area contributed by atoms with Crippen LogP contribution in [0.4, 0.5) is 4.39 Å². The molecule has 0 amide bonds. The van der Waals surface area contributed by atoms with Crippen molar-refractivity contribution in [3.05, 3.63) is 23.6 Å². The summed E-state index contributed by atoms with van der Waals surface area (Å²) in [5.74, 6) is -1.98. The van der Waals surface area contributed by atoms with Crippen molar-refractivity contribution < 1.29 is 23.8 Å². The first kappa shape index (κ1) is 11.8. The molecule has 0 aliphatic carbocycles. The number of hydrogen-bond acceptors (Lipinski definition) is 4. The van der Waals surface area contributed by atoms with Crippen molar-refractivity contribution >= 4 is 5.97 Å². The van der Waals surface area contributed by atoms with Crippen molar-refractivity contribution in [1.82, 2.24) is 4.98 Å². The maximum absolute atomic E-state index is 12.9. The first-order chi connectivity index (χ1) is 8.16. The summed E-state index contributed by atoms with van der Waals surface area (Å²) in [6, 6.07) is 0.907. The largest absolute Gasteiger partial charge is 0.477 e. The number of carboxylic acids is 1. The lowest BCUT2D eigenvalue weighted by Crippen LogP contribution is -2.27. The van der Waals surface area contributed by atoms with Crippen LogP contribution in [0.1, 0.15) is 23.2 Å². The van der Waals surface area contributed by atoms with Crippen molar-refractivity contribution in [2.24, 2.45) is 0 Å². The van der Waals surface area contributed by atoms with Crippen LogP contribution in [0, 0.1) is 5.82 Å². The summed E-state index contributed by atoms with van der Waals surface area (Å²) in [7, 11) is 0. The standard InChI is InChI=1S/C11H12FNO4/c12-7-5-9(11(14)15)10(13-6-7)17-8-1-3-16-4-2-8/h5-6,8H,1-4H2,(H,14,15). The highest BCUT2D eigenvalue weighted by Gasteiger charge is 2.20. The third-order valence-electron chi connectivity index (χ3n) is 2.49. The van der Waals surface area contributed by atoms with E-state index in [2.05, 4.69) is 4.98 Å². The van der Waals surface area contributed by atoms with E-state index in [1.54, 1.807) is 0 Å². The molecule has 0 unspecified atom stereocenters. The minimum atomic E-state index is -1.25. The molecule has 17 heavy (non-hydrogen) atoms. The van der Waals surface area contributed by atoms with Crippen LogP contribution in [-0.2, 0) is 4.74 Å². The number of aromatic carboxylic acids is 1. The number of carbonyl (C=O) groups is 1. The fourth-order valence-electron chi connectivity index (χ4n) is 1.63. The van der Waals surface area contributed by atoms with E-state index in [0.717, 1.165) is 12.3 Å². The molecule has 92 valence electrons. The molecular formula is C11H12FNO4. The molecule has 0 atom stereocenters. The third-order valence-corrected chi connectivity index (χ3v) is 2.49. The Bertz CT molecular complexity index is 418. The highest BCUT2D eigenvalue weighted by Crippen LogP contribution is 2.20. The van der Waals surface area contributed by atoms with Crippen molar-refractivity contribution in [3.63, 3.8) is 0 Å². The Morgan fingerprint density at radius 2 is 2.24 bits per heavy atom. The number of rotatable bonds is 3. The smallest absolute Gasteiger partial charge is 0.341 e. The van der Waals surface area contributed by atoms with Gasteiger partial charge in [-0.1, -0.05) is 0 Å². The second-order valence-electron chi connectivity index (χ2n) is 3.74. The first-order valence-electron chi connectivity index (χ1n) is 5.30. The predicted molar refractivity (Wildman–Crippen MR) is 55.6 cm³/mol. The fraction of sp³-hybridized carbons (Fsp3) is 0.455. The van der Waals surface area contributed by atoms with Crippen molar-refractivity contribution in [2.45, 2.75) is 18.9 Å². The van der Waals surface area contributed by atoms with Crippen LogP contribution in [0.2, 0.25) is 0 Å². The molecule has 1 saturated heterocycles. The van der Waals surface area contributed by atoms with E-state index in [-0.39, 0.29) is 17.5 Å². The molecule has 0 radical (unpaired) electrons. The van der Waals surface area contributed by atoms with E-state index in [1.807, 2.05) is 0 Å². The van der Waals surface area contributed by atoms with Gasteiger partial charge in [0.2, 0.25) is 5.88 Å². The summed E-state index contributed by atoms with van der Waals surface area (Å²) in [6.07, 6.45) is 2.18. The summed E-state index contributed by atoms with van der Waals surface area (Å²) >= 11 is 0. The van der Waals surface area contributed by atoms with Gasteiger partial charge < -0.3 is 14.6 Å². The summed E-state index contributed by atoms with van der Waals surface area (Å²) < 4.78 is 23.5. The van der Waals surface area contributed by atoms with Crippen LogP contribution in [0.3, 0.4) is 0 Å². The van der Waals surface area contributed by atoms with E-state index in [0.29, 0.717) is 26.1 Å². The van der Waals surface area contributed by atoms with Crippen LogP contribution in [-0.4, -0.2) is 35.4 Å². The molecule has 2 rings (SSSR count). The second-order valence-corrected chi connectivity index (χ2v) is 3.74. The Morgan fingerprint density at radius 3 is 2.88 bits per heavy atom. The average molecular weight is 241 g/mol. The van der Waals surface area contributed by atoms with Gasteiger partial charge in [0.25, 0.3) is 0 Å². The van der Waals surface area contributed by atoms with Crippen LogP contribution in [0.25, 0.3) is 0 Å². The normalized spacial score (nSPS) is 16.8. The minimum Gasteiger partial charge on any atom is -0.477 e. The quantitative estimate of drug-likeness (QED) is 0.868. The number of aromatic nitrogens is 1. The van der Waals surface area contributed by atoms with Crippen molar-refractivity contribution in [3.8, 4) is 5.88 Å². The van der Waals surface area contributed by atoms with Gasteiger partial charge in [0.1, 0.15) is 17.5 Å². The van der Waals surface area contributed by atoms with Crippen LogP contribution in [0.5, 0.6) is 5.88 Å². The first-order valence-corrected chi connectivity index (χ1v) is 5.30. The number of halogens is 1. The molecule has 0 aromatic carbocycles. The molecule has 0 spiro atoms. The number of nitrogens with zero attached hydrogens (tertiary/aromatic N) is 1. The molecule has 0 saturated carbocycles. The van der Waals surface area contributed by atoms with E-state index in [1.165, 1.54) is 0 Å². The van der Waals surface area contributed by atoms with Crippen molar-refractivity contribution in [2.75, 3.05) is 13.2 Å². The number of pyridine rings is 1. The third kappa shape index (κ3) is 2.91. The van der Waals surface area contributed by atoms with E-state index in [4.69, 9.17) is 14.6 Å². The van der Waals surface area contributed by atoms with Gasteiger partial charge in [0.05, 0.1) is 19.4 Å². The summed E-state index contributed by atoms with van der Waals surface area (Å²) in [4.78, 5) is 14.6. The Hall–Kier alpha value is -1.69. The maximum Gasteiger partial charge on any atom is 0.341 e. The Labute approximate surface area is 97.2 Å². The molecule has 1 aliphatic rings. The zero-order valence-electron chi connectivity index (χ0n) is 9.06. The van der Waals surface area contributed by atoms with Crippen LogP contribution >= 0.6 is 0 Å². The molecule has 6 heteroatoms. The number of carboxylic acid groups (broad SMARTS) is 1. The Balaban J connectivity index is 2.16. The van der Waals surface area contributed by atoms with E-state index < -0.39 is 11.8 Å². The van der Waals surface area contributed by atoms with Crippen LogP contribution < -0.4 is 4.74 Å². The monoisotopic (exact) mass is 241 g/mol. The van der Waals surface area contributed by atoms with Gasteiger partial charge in [0, 0.05) is 12.8 Å². The molecule has 0 bridgehead atoms.